The fourth-order valence-corrected chi connectivity index (χ4v) is 3.75. The maximum absolute atomic E-state index is 12.4. The molecular weight excluding hydrogens is 434 g/mol. The molecule has 0 fully saturated rings. The number of hydrogen-bond acceptors (Lipinski definition) is 8. The Balaban J connectivity index is 1.59. The first-order valence-corrected chi connectivity index (χ1v) is 10.8. The van der Waals surface area contributed by atoms with Crippen molar-refractivity contribution < 1.29 is 9.53 Å². The third kappa shape index (κ3) is 5.04. The van der Waals surface area contributed by atoms with E-state index in [1.165, 1.54) is 6.20 Å². The van der Waals surface area contributed by atoms with Gasteiger partial charge in [0.25, 0.3) is 0 Å². The Hall–Kier alpha value is -3.36. The Bertz CT molecular complexity index is 1180. The van der Waals surface area contributed by atoms with Crippen molar-refractivity contribution in [2.45, 2.75) is 13.5 Å². The molecule has 4 aromatic rings. The van der Waals surface area contributed by atoms with Crippen LogP contribution in [-0.2, 0) is 11.3 Å². The van der Waals surface area contributed by atoms with Gasteiger partial charge in [-0.15, -0.1) is 11.3 Å². The smallest absolute Gasteiger partial charge is 0.343 e. The predicted molar refractivity (Wildman–Crippen MR) is 121 cm³/mol. The van der Waals surface area contributed by atoms with Gasteiger partial charge < -0.3 is 10.1 Å². The van der Waals surface area contributed by atoms with Crippen LogP contribution < -0.4 is 5.32 Å². The first-order chi connectivity index (χ1) is 15.1. The molecule has 0 aliphatic rings. The predicted octanol–water partition coefficient (Wildman–Crippen LogP) is 5.10. The van der Waals surface area contributed by atoms with Crippen molar-refractivity contribution in [3.63, 3.8) is 0 Å². The van der Waals surface area contributed by atoms with E-state index in [4.69, 9.17) is 16.3 Å². The van der Waals surface area contributed by atoms with Crippen molar-refractivity contribution >= 4 is 34.7 Å². The van der Waals surface area contributed by atoms with Crippen LogP contribution >= 0.6 is 22.9 Å². The van der Waals surface area contributed by atoms with E-state index in [0.29, 0.717) is 23.2 Å². The molecule has 0 saturated carbocycles. The minimum atomic E-state index is -0.483. The van der Waals surface area contributed by atoms with Gasteiger partial charge >= 0.3 is 5.97 Å². The zero-order valence-corrected chi connectivity index (χ0v) is 18.2. The quantitative estimate of drug-likeness (QED) is 0.390. The molecular formula is C22H18ClN5O2S. The van der Waals surface area contributed by atoms with Crippen LogP contribution in [0, 0.1) is 0 Å². The average molecular weight is 452 g/mol. The van der Waals surface area contributed by atoms with Crippen LogP contribution in [0.25, 0.3) is 22.0 Å². The third-order valence-corrected chi connectivity index (χ3v) is 5.49. The molecule has 0 radical (unpaired) electrons. The Morgan fingerprint density at radius 2 is 1.87 bits per heavy atom. The highest BCUT2D eigenvalue weighted by molar-refractivity contribution is 7.13. The van der Waals surface area contributed by atoms with Crippen molar-refractivity contribution in [2.75, 3.05) is 11.9 Å². The first kappa shape index (κ1) is 20.9. The van der Waals surface area contributed by atoms with Crippen LogP contribution in [0.2, 0.25) is 5.02 Å². The molecule has 0 aliphatic carbocycles. The summed E-state index contributed by atoms with van der Waals surface area (Å²) in [4.78, 5) is 29.9. The monoisotopic (exact) mass is 451 g/mol. The van der Waals surface area contributed by atoms with Gasteiger partial charge in [0.1, 0.15) is 16.4 Å². The Labute approximate surface area is 188 Å². The highest BCUT2D eigenvalue weighted by Gasteiger charge is 2.17. The maximum Gasteiger partial charge on any atom is 0.343 e. The van der Waals surface area contributed by atoms with E-state index in [1.54, 1.807) is 42.8 Å². The number of thiazole rings is 1. The molecule has 3 aromatic heterocycles. The first-order valence-electron chi connectivity index (χ1n) is 9.53. The lowest BCUT2D eigenvalue weighted by atomic mass is 10.2. The molecule has 31 heavy (non-hydrogen) atoms. The van der Waals surface area contributed by atoms with E-state index in [9.17, 15) is 4.79 Å². The minimum Gasteiger partial charge on any atom is -0.462 e. The number of pyridine rings is 1. The van der Waals surface area contributed by atoms with Crippen LogP contribution in [0.4, 0.5) is 5.82 Å². The highest BCUT2D eigenvalue weighted by Crippen LogP contribution is 2.25. The summed E-state index contributed by atoms with van der Waals surface area (Å²) in [6.07, 6.45) is 4.94. The number of carbonyl (C=O) groups is 1. The summed E-state index contributed by atoms with van der Waals surface area (Å²) in [5.74, 6) is 0.378. The maximum atomic E-state index is 12.4. The Morgan fingerprint density at radius 1 is 1.10 bits per heavy atom. The molecule has 0 bridgehead atoms. The van der Waals surface area contributed by atoms with Crippen LogP contribution in [0.3, 0.4) is 0 Å². The van der Waals surface area contributed by atoms with Gasteiger partial charge in [0, 0.05) is 40.1 Å². The number of aromatic nitrogens is 4. The summed E-state index contributed by atoms with van der Waals surface area (Å²) < 4.78 is 5.15. The molecule has 0 saturated heterocycles. The fraction of sp³-hybridized carbons (Fsp3) is 0.136. The number of anilines is 1. The second-order valence-corrected chi connectivity index (χ2v) is 7.71. The second kappa shape index (κ2) is 9.63. The molecule has 0 aliphatic heterocycles. The molecule has 9 heteroatoms. The number of halogens is 1. The summed E-state index contributed by atoms with van der Waals surface area (Å²) >= 11 is 7.51. The van der Waals surface area contributed by atoms with Gasteiger partial charge in [0.2, 0.25) is 0 Å². The van der Waals surface area contributed by atoms with Gasteiger partial charge in [-0.2, -0.15) is 0 Å². The van der Waals surface area contributed by atoms with Gasteiger partial charge in [-0.05, 0) is 43.3 Å². The Morgan fingerprint density at radius 3 is 2.61 bits per heavy atom. The van der Waals surface area contributed by atoms with Gasteiger partial charge in [0.05, 0.1) is 18.8 Å². The largest absolute Gasteiger partial charge is 0.462 e. The lowest BCUT2D eigenvalue weighted by Crippen LogP contribution is -2.13. The molecule has 0 unspecified atom stereocenters. The molecule has 7 nitrogen and oxygen atoms in total. The van der Waals surface area contributed by atoms with Crippen LogP contribution in [0.1, 0.15) is 23.0 Å². The van der Waals surface area contributed by atoms with Gasteiger partial charge in [-0.25, -0.2) is 19.7 Å². The normalized spacial score (nSPS) is 10.6. The van der Waals surface area contributed by atoms with Crippen molar-refractivity contribution in [1.82, 2.24) is 19.9 Å². The zero-order valence-electron chi connectivity index (χ0n) is 16.6. The van der Waals surface area contributed by atoms with Gasteiger partial charge in [-0.3, -0.25) is 4.98 Å². The molecule has 0 spiro atoms. The molecule has 156 valence electrons. The minimum absolute atomic E-state index is 0.262. The highest BCUT2D eigenvalue weighted by atomic mass is 35.5. The SMILES string of the molecule is CCOC(=O)c1cnc(-c2ccc(Cl)cc2)nc1NCc1csc(-c2ccncc2)n1. The molecule has 4 rings (SSSR count). The van der Waals surface area contributed by atoms with E-state index in [1.807, 2.05) is 29.6 Å². The summed E-state index contributed by atoms with van der Waals surface area (Å²) in [5.41, 5.74) is 2.89. The number of hydrogen-bond donors (Lipinski definition) is 1. The Kier molecular flexibility index (Phi) is 6.49. The van der Waals surface area contributed by atoms with E-state index >= 15 is 0 Å². The van der Waals surface area contributed by atoms with Crippen molar-refractivity contribution in [1.29, 1.82) is 0 Å². The van der Waals surface area contributed by atoms with Crippen molar-refractivity contribution in [3.8, 4) is 22.0 Å². The number of rotatable bonds is 7. The molecule has 1 aromatic carbocycles. The van der Waals surface area contributed by atoms with Crippen molar-refractivity contribution in [3.05, 3.63) is 76.6 Å². The van der Waals surface area contributed by atoms with E-state index in [0.717, 1.165) is 21.8 Å². The van der Waals surface area contributed by atoms with Crippen LogP contribution in [0.5, 0.6) is 0 Å². The third-order valence-electron chi connectivity index (χ3n) is 4.30. The zero-order chi connectivity index (χ0) is 21.6. The average Bonchev–Trinajstić information content (AvgIpc) is 3.28. The van der Waals surface area contributed by atoms with E-state index in [2.05, 4.69) is 25.3 Å². The summed E-state index contributed by atoms with van der Waals surface area (Å²) in [6.45, 7) is 2.41. The number of carbonyl (C=O) groups excluding carboxylic acids is 1. The molecule has 0 amide bonds. The van der Waals surface area contributed by atoms with Crippen LogP contribution in [-0.4, -0.2) is 32.5 Å². The van der Waals surface area contributed by atoms with E-state index < -0.39 is 5.97 Å². The molecule has 3 heterocycles. The standard InChI is InChI=1S/C22H18ClN5O2S/c1-2-30-22(29)18-12-26-19(14-3-5-16(23)6-4-14)28-20(18)25-11-17-13-31-21(27-17)15-7-9-24-10-8-15/h3-10,12-13H,2,11H2,1H3,(H,25,26,28). The number of esters is 1. The van der Waals surface area contributed by atoms with Gasteiger partial charge in [-0.1, -0.05) is 11.6 Å². The number of ether oxygens (including phenoxy) is 1. The summed E-state index contributed by atoms with van der Waals surface area (Å²) in [7, 11) is 0. The molecule has 1 N–H and O–H groups in total. The topological polar surface area (TPSA) is 89.9 Å². The lowest BCUT2D eigenvalue weighted by molar-refractivity contribution is 0.0526. The summed E-state index contributed by atoms with van der Waals surface area (Å²) in [5, 5.41) is 6.70. The number of nitrogens with zero attached hydrogens (tertiary/aromatic N) is 4. The summed E-state index contributed by atoms with van der Waals surface area (Å²) in [6, 6.07) is 11.0. The second-order valence-electron chi connectivity index (χ2n) is 6.42. The lowest BCUT2D eigenvalue weighted by Gasteiger charge is -2.11. The van der Waals surface area contributed by atoms with E-state index in [-0.39, 0.29) is 12.2 Å². The number of nitrogens with one attached hydrogen (secondary N) is 1. The van der Waals surface area contributed by atoms with Gasteiger partial charge in [0.15, 0.2) is 5.82 Å². The van der Waals surface area contributed by atoms with Crippen molar-refractivity contribution in [2.24, 2.45) is 0 Å². The van der Waals surface area contributed by atoms with Crippen LogP contribution in [0.15, 0.2) is 60.4 Å². The molecule has 0 atom stereocenters. The fourth-order valence-electron chi connectivity index (χ4n) is 2.80. The number of benzene rings is 1.